The smallest absolute Gasteiger partial charge is 0.325 e. The van der Waals surface area contributed by atoms with Crippen LogP contribution in [0, 0.1) is 5.92 Å². The topological polar surface area (TPSA) is 44.4 Å². The molecule has 2 N–H and O–H groups in total. The lowest BCUT2D eigenvalue weighted by molar-refractivity contribution is -0.137. The summed E-state index contributed by atoms with van der Waals surface area (Å²) in [5, 5.41) is 5.42. The minimum absolute atomic E-state index is 0.0875. The van der Waals surface area contributed by atoms with E-state index in [9.17, 15) is 18.0 Å². The highest BCUT2D eigenvalue weighted by Crippen LogP contribution is 2.36. The predicted octanol–water partition coefficient (Wildman–Crippen LogP) is 3.23. The number of alkyl halides is 3. The van der Waals surface area contributed by atoms with Crippen molar-refractivity contribution in [2.45, 2.75) is 19.0 Å². The second-order valence-corrected chi connectivity index (χ2v) is 6.56. The lowest BCUT2D eigenvalue weighted by Crippen LogP contribution is -2.39. The minimum Gasteiger partial charge on any atom is -0.325 e. The zero-order valence-electron chi connectivity index (χ0n) is 13.4. The first-order valence-corrected chi connectivity index (χ1v) is 8.19. The van der Waals surface area contributed by atoms with E-state index >= 15 is 0 Å². The molecule has 1 amide bonds. The number of nitrogens with zero attached hydrogens (tertiary/aromatic N) is 1. The van der Waals surface area contributed by atoms with Crippen molar-refractivity contribution in [1.29, 1.82) is 0 Å². The number of hydrogen-bond donors (Lipinski definition) is 2. The van der Waals surface area contributed by atoms with Crippen LogP contribution in [0.25, 0.3) is 0 Å². The fourth-order valence-corrected chi connectivity index (χ4v) is 3.08. The van der Waals surface area contributed by atoms with Gasteiger partial charge in [-0.2, -0.15) is 13.2 Å². The van der Waals surface area contributed by atoms with Crippen molar-refractivity contribution in [2.75, 3.05) is 38.5 Å². The van der Waals surface area contributed by atoms with E-state index in [2.05, 4.69) is 10.6 Å². The van der Waals surface area contributed by atoms with E-state index in [0.717, 1.165) is 44.6 Å². The molecule has 0 aliphatic carbocycles. The third-order valence-corrected chi connectivity index (χ3v) is 4.27. The largest absolute Gasteiger partial charge is 0.417 e. The zero-order valence-corrected chi connectivity index (χ0v) is 14.2. The van der Waals surface area contributed by atoms with E-state index in [1.165, 1.54) is 6.07 Å². The Kier molecular flexibility index (Phi) is 6.48. The molecule has 0 saturated carbocycles. The van der Waals surface area contributed by atoms with Crippen LogP contribution in [0.4, 0.5) is 18.9 Å². The third kappa shape index (κ3) is 5.65. The minimum atomic E-state index is -4.55. The normalized spacial score (nSPS) is 18.7. The summed E-state index contributed by atoms with van der Waals surface area (Å²) in [6, 6.07) is 3.35. The number of hydrogen-bond acceptors (Lipinski definition) is 3. The highest BCUT2D eigenvalue weighted by atomic mass is 35.5. The van der Waals surface area contributed by atoms with Gasteiger partial charge in [0.2, 0.25) is 5.91 Å². The Hall–Kier alpha value is -1.31. The number of benzene rings is 1. The summed E-state index contributed by atoms with van der Waals surface area (Å²) in [6.07, 6.45) is -2.32. The Morgan fingerprint density at radius 3 is 2.83 bits per heavy atom. The Morgan fingerprint density at radius 2 is 2.21 bits per heavy atom. The molecule has 1 atom stereocenters. The van der Waals surface area contributed by atoms with Gasteiger partial charge < -0.3 is 10.6 Å². The van der Waals surface area contributed by atoms with Crippen molar-refractivity contribution in [2.24, 2.45) is 5.92 Å². The van der Waals surface area contributed by atoms with Gasteiger partial charge in [0.1, 0.15) is 0 Å². The molecule has 0 radical (unpaired) electrons. The second kappa shape index (κ2) is 8.18. The molecule has 0 aromatic heterocycles. The van der Waals surface area contributed by atoms with E-state index in [0.29, 0.717) is 5.92 Å². The maximum atomic E-state index is 12.8. The van der Waals surface area contributed by atoms with Gasteiger partial charge in [0.05, 0.1) is 17.1 Å². The molecule has 24 heavy (non-hydrogen) atoms. The molecule has 134 valence electrons. The molecular weight excluding hydrogens is 343 g/mol. The quantitative estimate of drug-likeness (QED) is 0.844. The first-order chi connectivity index (χ1) is 11.3. The van der Waals surface area contributed by atoms with E-state index < -0.39 is 11.7 Å². The molecule has 8 heteroatoms. The summed E-state index contributed by atoms with van der Waals surface area (Å²) in [4.78, 5) is 13.9. The fourth-order valence-electron chi connectivity index (χ4n) is 2.85. The van der Waals surface area contributed by atoms with E-state index in [1.54, 1.807) is 0 Å². The van der Waals surface area contributed by atoms with Gasteiger partial charge in [0, 0.05) is 12.2 Å². The predicted molar refractivity (Wildman–Crippen MR) is 88.2 cm³/mol. The molecule has 1 aromatic carbocycles. The highest BCUT2D eigenvalue weighted by molar-refractivity contribution is 6.31. The van der Waals surface area contributed by atoms with Gasteiger partial charge in [-0.05, 0) is 57.1 Å². The van der Waals surface area contributed by atoms with Crippen LogP contribution in [0.3, 0.4) is 0 Å². The van der Waals surface area contributed by atoms with Crippen molar-refractivity contribution in [3.05, 3.63) is 28.8 Å². The van der Waals surface area contributed by atoms with Gasteiger partial charge in [0.15, 0.2) is 0 Å². The standard InChI is InChI=1S/C16H21ClF3N3O/c1-23(9-11-3-2-6-21-8-11)10-15(24)22-12-4-5-14(17)13(7-12)16(18,19)20/h4-5,7,11,21H,2-3,6,8-10H2,1H3,(H,22,24). The maximum Gasteiger partial charge on any atom is 0.417 e. The van der Waals surface area contributed by atoms with Crippen LogP contribution < -0.4 is 10.6 Å². The molecule has 1 aliphatic heterocycles. The Bertz CT molecular complexity index is 574. The third-order valence-electron chi connectivity index (χ3n) is 3.94. The average molecular weight is 364 g/mol. The molecule has 0 spiro atoms. The summed E-state index contributed by atoms with van der Waals surface area (Å²) < 4.78 is 38.5. The van der Waals surface area contributed by atoms with Gasteiger partial charge in [-0.1, -0.05) is 11.6 Å². The molecule has 1 saturated heterocycles. The maximum absolute atomic E-state index is 12.8. The Balaban J connectivity index is 1.89. The fraction of sp³-hybridized carbons (Fsp3) is 0.562. The van der Waals surface area contributed by atoms with Gasteiger partial charge in [-0.15, -0.1) is 0 Å². The molecule has 4 nitrogen and oxygen atoms in total. The van der Waals surface area contributed by atoms with Gasteiger partial charge in [-0.3, -0.25) is 9.69 Å². The molecule has 1 aromatic rings. The molecule has 1 fully saturated rings. The highest BCUT2D eigenvalue weighted by Gasteiger charge is 2.33. The van der Waals surface area contributed by atoms with Crippen molar-refractivity contribution < 1.29 is 18.0 Å². The summed E-state index contributed by atoms with van der Waals surface area (Å²) in [5.74, 6) is 0.139. The summed E-state index contributed by atoms with van der Waals surface area (Å²) >= 11 is 5.56. The molecular formula is C16H21ClF3N3O. The number of rotatable bonds is 5. The Labute approximate surface area is 144 Å². The number of likely N-dealkylation sites (N-methyl/N-ethyl adjacent to an activating group) is 1. The molecule has 1 unspecified atom stereocenters. The number of nitrogens with one attached hydrogen (secondary N) is 2. The first kappa shape index (κ1) is 19.0. The van der Waals surface area contributed by atoms with Crippen LogP contribution in [0.5, 0.6) is 0 Å². The SMILES string of the molecule is CN(CC(=O)Nc1ccc(Cl)c(C(F)(F)F)c1)CC1CCCNC1. The number of anilines is 1. The van der Waals surface area contributed by atoms with Crippen LogP contribution in [-0.4, -0.2) is 44.0 Å². The second-order valence-electron chi connectivity index (χ2n) is 6.15. The monoisotopic (exact) mass is 363 g/mol. The number of amides is 1. The molecule has 1 aliphatic rings. The van der Waals surface area contributed by atoms with Crippen molar-refractivity contribution in [3.8, 4) is 0 Å². The molecule has 0 bridgehead atoms. The van der Waals surface area contributed by atoms with Crippen molar-refractivity contribution in [1.82, 2.24) is 10.2 Å². The van der Waals surface area contributed by atoms with Crippen LogP contribution in [0.2, 0.25) is 5.02 Å². The first-order valence-electron chi connectivity index (χ1n) is 7.81. The molecule has 2 rings (SSSR count). The molecule has 1 heterocycles. The van der Waals surface area contributed by atoms with Gasteiger partial charge >= 0.3 is 6.18 Å². The number of carbonyl (C=O) groups excluding carboxylic acids is 1. The van der Waals surface area contributed by atoms with Gasteiger partial charge in [0.25, 0.3) is 0 Å². The number of carbonyl (C=O) groups is 1. The lowest BCUT2D eigenvalue weighted by Gasteiger charge is -2.27. The lowest BCUT2D eigenvalue weighted by atomic mass is 9.99. The Morgan fingerprint density at radius 1 is 1.46 bits per heavy atom. The zero-order chi connectivity index (χ0) is 17.7. The summed E-state index contributed by atoms with van der Waals surface area (Å²) in [5.41, 5.74) is -0.868. The van der Waals surface area contributed by atoms with Crippen molar-refractivity contribution >= 4 is 23.2 Å². The van der Waals surface area contributed by atoms with Crippen LogP contribution in [-0.2, 0) is 11.0 Å². The number of halogens is 4. The van der Waals surface area contributed by atoms with Crippen molar-refractivity contribution in [3.63, 3.8) is 0 Å². The number of piperidine rings is 1. The average Bonchev–Trinajstić information content (AvgIpc) is 2.48. The summed E-state index contributed by atoms with van der Waals surface area (Å²) in [6.45, 7) is 2.85. The van der Waals surface area contributed by atoms with E-state index in [-0.39, 0.29) is 23.2 Å². The van der Waals surface area contributed by atoms with Crippen LogP contribution >= 0.6 is 11.6 Å². The van der Waals surface area contributed by atoms with E-state index in [1.807, 2.05) is 11.9 Å². The van der Waals surface area contributed by atoms with Crippen LogP contribution in [0.1, 0.15) is 18.4 Å². The van der Waals surface area contributed by atoms with Gasteiger partial charge in [-0.25, -0.2) is 0 Å². The van der Waals surface area contributed by atoms with Crippen LogP contribution in [0.15, 0.2) is 18.2 Å². The van der Waals surface area contributed by atoms with E-state index in [4.69, 9.17) is 11.6 Å². The summed E-state index contributed by atoms with van der Waals surface area (Å²) in [7, 11) is 1.83.